The smallest absolute Gasteiger partial charge is 0.222 e. The molecule has 0 saturated carbocycles. The summed E-state index contributed by atoms with van der Waals surface area (Å²) in [4.78, 5) is 10.4. The lowest BCUT2D eigenvalue weighted by atomic mass is 9.99. The van der Waals surface area contributed by atoms with E-state index in [2.05, 4.69) is 14.7 Å². The molecule has 0 spiro atoms. The summed E-state index contributed by atoms with van der Waals surface area (Å²) in [6, 6.07) is 7.60. The molecular weight excluding hydrogens is 399 g/mol. The summed E-state index contributed by atoms with van der Waals surface area (Å²) < 4.78 is 45.2. The number of hydrogen-bond acceptors (Lipinski definition) is 8. The third-order valence-corrected chi connectivity index (χ3v) is 5.30. The molecule has 11 heteroatoms. The standard InChI is InChI=1S/C18H21FN6O3S/c1-18(10-22-29(2,26)27)11-28-6-5-25(18)16-8-15(23-17(21)24-16)12-3-4-13(9-20)14(19)7-12/h3-4,7-8,22H,5-6,10-11H2,1-2H3,(H2,21,23,24). The van der Waals surface area contributed by atoms with Crippen molar-refractivity contribution in [1.82, 2.24) is 14.7 Å². The minimum absolute atomic E-state index is 0.00724. The highest BCUT2D eigenvalue weighted by molar-refractivity contribution is 7.88. The van der Waals surface area contributed by atoms with Crippen LogP contribution in [0.3, 0.4) is 0 Å². The highest BCUT2D eigenvalue weighted by Crippen LogP contribution is 2.30. The van der Waals surface area contributed by atoms with Crippen molar-refractivity contribution in [3.8, 4) is 17.3 Å². The third-order valence-electron chi connectivity index (χ3n) is 4.63. The van der Waals surface area contributed by atoms with E-state index in [9.17, 15) is 12.8 Å². The number of sulfonamides is 1. The number of morpholine rings is 1. The number of nitriles is 1. The molecule has 2 aromatic rings. The molecule has 0 aliphatic carbocycles. The van der Waals surface area contributed by atoms with E-state index in [0.717, 1.165) is 6.26 Å². The second kappa shape index (κ2) is 7.90. The van der Waals surface area contributed by atoms with E-state index in [1.807, 2.05) is 11.8 Å². The molecule has 1 aromatic carbocycles. The molecule has 0 bridgehead atoms. The molecular formula is C18H21FN6O3S. The summed E-state index contributed by atoms with van der Waals surface area (Å²) in [5.74, 6) is -0.192. The molecule has 154 valence electrons. The van der Waals surface area contributed by atoms with E-state index in [4.69, 9.17) is 15.7 Å². The largest absolute Gasteiger partial charge is 0.377 e. The van der Waals surface area contributed by atoms with E-state index in [0.29, 0.717) is 30.2 Å². The Hall–Kier alpha value is -2.81. The summed E-state index contributed by atoms with van der Waals surface area (Å²) in [6.45, 7) is 3.12. The van der Waals surface area contributed by atoms with Crippen LogP contribution in [-0.2, 0) is 14.8 Å². The molecule has 1 fully saturated rings. The van der Waals surface area contributed by atoms with Crippen LogP contribution in [0.25, 0.3) is 11.3 Å². The van der Waals surface area contributed by atoms with Crippen molar-refractivity contribution in [3.63, 3.8) is 0 Å². The van der Waals surface area contributed by atoms with Crippen molar-refractivity contribution >= 4 is 21.8 Å². The molecule has 1 saturated heterocycles. The average Bonchev–Trinajstić information content (AvgIpc) is 2.66. The van der Waals surface area contributed by atoms with Crippen molar-refractivity contribution < 1.29 is 17.5 Å². The molecule has 1 aliphatic rings. The van der Waals surface area contributed by atoms with Crippen LogP contribution < -0.4 is 15.4 Å². The first-order valence-electron chi connectivity index (χ1n) is 8.76. The second-order valence-corrected chi connectivity index (χ2v) is 8.90. The molecule has 9 nitrogen and oxygen atoms in total. The van der Waals surface area contributed by atoms with Gasteiger partial charge in [0.05, 0.1) is 36.3 Å². The van der Waals surface area contributed by atoms with Gasteiger partial charge in [-0.1, -0.05) is 6.07 Å². The van der Waals surface area contributed by atoms with Gasteiger partial charge in [-0.2, -0.15) is 10.2 Å². The fourth-order valence-corrected chi connectivity index (χ4v) is 3.70. The van der Waals surface area contributed by atoms with Gasteiger partial charge < -0.3 is 15.4 Å². The fraction of sp³-hybridized carbons (Fsp3) is 0.389. The van der Waals surface area contributed by atoms with E-state index in [-0.39, 0.29) is 24.7 Å². The maximum absolute atomic E-state index is 14.0. The van der Waals surface area contributed by atoms with Gasteiger partial charge in [-0.15, -0.1) is 0 Å². The lowest BCUT2D eigenvalue weighted by Gasteiger charge is -2.45. The van der Waals surface area contributed by atoms with Gasteiger partial charge in [-0.3, -0.25) is 0 Å². The van der Waals surface area contributed by atoms with Crippen molar-refractivity contribution in [2.75, 3.05) is 43.2 Å². The van der Waals surface area contributed by atoms with Gasteiger partial charge in [0.2, 0.25) is 16.0 Å². The van der Waals surface area contributed by atoms with Crippen LogP contribution in [0.4, 0.5) is 16.2 Å². The number of halogens is 1. The van der Waals surface area contributed by atoms with Crippen LogP contribution in [0.1, 0.15) is 12.5 Å². The van der Waals surface area contributed by atoms with Crippen molar-refractivity contribution in [3.05, 3.63) is 35.6 Å². The first-order chi connectivity index (χ1) is 13.6. The highest BCUT2D eigenvalue weighted by atomic mass is 32.2. The summed E-state index contributed by atoms with van der Waals surface area (Å²) in [5.41, 5.74) is 5.95. The van der Waals surface area contributed by atoms with Crippen LogP contribution >= 0.6 is 0 Å². The monoisotopic (exact) mass is 420 g/mol. The third kappa shape index (κ3) is 4.79. The van der Waals surface area contributed by atoms with Crippen LogP contribution in [-0.4, -0.2) is 56.5 Å². The Morgan fingerprint density at radius 3 is 2.83 bits per heavy atom. The number of anilines is 2. The Morgan fingerprint density at radius 2 is 2.17 bits per heavy atom. The zero-order valence-electron chi connectivity index (χ0n) is 16.0. The Labute approximate surface area is 168 Å². The summed E-state index contributed by atoms with van der Waals surface area (Å²) >= 11 is 0. The molecule has 29 heavy (non-hydrogen) atoms. The summed E-state index contributed by atoms with van der Waals surface area (Å²) in [6.07, 6.45) is 1.09. The van der Waals surface area contributed by atoms with Crippen molar-refractivity contribution in [1.29, 1.82) is 5.26 Å². The number of nitrogens with two attached hydrogens (primary N) is 1. The number of hydrogen-bond donors (Lipinski definition) is 2. The molecule has 2 heterocycles. The molecule has 1 aliphatic heterocycles. The van der Waals surface area contributed by atoms with Gasteiger partial charge in [0.25, 0.3) is 0 Å². The molecule has 0 amide bonds. The minimum Gasteiger partial charge on any atom is -0.377 e. The maximum atomic E-state index is 14.0. The Morgan fingerprint density at radius 1 is 1.41 bits per heavy atom. The topological polar surface area (TPSA) is 134 Å². The van der Waals surface area contributed by atoms with Gasteiger partial charge in [-0.05, 0) is 19.1 Å². The van der Waals surface area contributed by atoms with Crippen LogP contribution in [0.15, 0.2) is 24.3 Å². The van der Waals surface area contributed by atoms with E-state index in [1.54, 1.807) is 18.2 Å². The Kier molecular flexibility index (Phi) is 5.70. The second-order valence-electron chi connectivity index (χ2n) is 7.07. The highest BCUT2D eigenvalue weighted by Gasteiger charge is 2.37. The van der Waals surface area contributed by atoms with Crippen molar-refractivity contribution in [2.24, 2.45) is 0 Å². The van der Waals surface area contributed by atoms with Gasteiger partial charge in [-0.25, -0.2) is 22.5 Å². The maximum Gasteiger partial charge on any atom is 0.222 e. The number of ether oxygens (including phenoxy) is 1. The quantitative estimate of drug-likeness (QED) is 0.728. The molecule has 0 radical (unpaired) electrons. The minimum atomic E-state index is -3.40. The van der Waals surface area contributed by atoms with Gasteiger partial charge in [0, 0.05) is 24.7 Å². The fourth-order valence-electron chi connectivity index (χ4n) is 3.12. The SMILES string of the molecule is CC1(CNS(C)(=O)=O)COCCN1c1cc(-c2ccc(C#N)c(F)c2)nc(N)n1. The predicted molar refractivity (Wildman–Crippen MR) is 106 cm³/mol. The normalized spacial score (nSPS) is 19.7. The molecule has 3 N–H and O–H groups in total. The number of benzene rings is 1. The average molecular weight is 420 g/mol. The number of nitrogen functional groups attached to an aromatic ring is 1. The van der Waals surface area contributed by atoms with Crippen molar-refractivity contribution in [2.45, 2.75) is 12.5 Å². The molecule has 3 rings (SSSR count). The summed E-state index contributed by atoms with van der Waals surface area (Å²) in [7, 11) is -3.40. The zero-order valence-corrected chi connectivity index (χ0v) is 16.8. The van der Waals surface area contributed by atoms with Crippen LogP contribution in [0, 0.1) is 17.1 Å². The predicted octanol–water partition coefficient (Wildman–Crippen LogP) is 0.881. The number of aromatic nitrogens is 2. The number of nitrogens with zero attached hydrogens (tertiary/aromatic N) is 4. The first-order valence-corrected chi connectivity index (χ1v) is 10.6. The van der Waals surface area contributed by atoms with Gasteiger partial charge >= 0.3 is 0 Å². The molecule has 1 atom stereocenters. The van der Waals surface area contributed by atoms with E-state index >= 15 is 0 Å². The summed E-state index contributed by atoms with van der Waals surface area (Å²) in [5, 5.41) is 8.90. The van der Waals surface area contributed by atoms with E-state index in [1.165, 1.54) is 12.1 Å². The molecule has 1 unspecified atom stereocenters. The Bertz CT molecular complexity index is 1070. The molecule has 1 aromatic heterocycles. The van der Waals surface area contributed by atoms with Crippen LogP contribution in [0.2, 0.25) is 0 Å². The van der Waals surface area contributed by atoms with Crippen LogP contribution in [0.5, 0.6) is 0 Å². The van der Waals surface area contributed by atoms with E-state index < -0.39 is 21.4 Å². The lowest BCUT2D eigenvalue weighted by Crippen LogP contribution is -2.61. The van der Waals surface area contributed by atoms with Gasteiger partial charge in [0.15, 0.2) is 0 Å². The number of nitrogens with one attached hydrogen (secondary N) is 1. The number of rotatable bonds is 5. The first kappa shape index (κ1) is 20.9. The lowest BCUT2D eigenvalue weighted by molar-refractivity contribution is 0.0585. The zero-order chi connectivity index (χ0) is 21.2. The Balaban J connectivity index is 1.99. The van der Waals surface area contributed by atoms with Gasteiger partial charge in [0.1, 0.15) is 17.7 Å².